The van der Waals surface area contributed by atoms with E-state index in [1.165, 1.54) is 0 Å². The van der Waals surface area contributed by atoms with Gasteiger partial charge in [0, 0.05) is 50.4 Å². The van der Waals surface area contributed by atoms with Gasteiger partial charge in [0.25, 0.3) is 0 Å². The van der Waals surface area contributed by atoms with Crippen molar-refractivity contribution < 1.29 is 9.53 Å². The number of ether oxygens (including phenoxy) is 1. The molecule has 1 aliphatic heterocycles. The van der Waals surface area contributed by atoms with Crippen molar-refractivity contribution in [3.05, 3.63) is 35.8 Å². The molecule has 1 aliphatic rings. The molecular weight excluding hydrogens is 390 g/mol. The van der Waals surface area contributed by atoms with Gasteiger partial charge in [0.1, 0.15) is 5.82 Å². The topological polar surface area (TPSA) is 61.8 Å². The molecule has 1 fully saturated rings. The zero-order valence-electron chi connectivity index (χ0n) is 20.0. The maximum atomic E-state index is 12.4. The second-order valence-corrected chi connectivity index (χ2v) is 7.82. The molecule has 7 nitrogen and oxygen atoms in total. The summed E-state index contributed by atoms with van der Waals surface area (Å²) < 4.78 is 5.22. The summed E-state index contributed by atoms with van der Waals surface area (Å²) in [4.78, 5) is 28.9. The van der Waals surface area contributed by atoms with Crippen LogP contribution in [0.4, 0.5) is 5.82 Å². The van der Waals surface area contributed by atoms with Gasteiger partial charge in [0.05, 0.1) is 24.7 Å². The number of likely N-dealkylation sites (N-methyl/N-ethyl adjacent to an activating group) is 1. The van der Waals surface area contributed by atoms with Crippen LogP contribution in [-0.4, -0.2) is 84.7 Å². The van der Waals surface area contributed by atoms with Gasteiger partial charge in [-0.15, -0.1) is 0 Å². The lowest BCUT2D eigenvalue weighted by Crippen LogP contribution is -2.48. The van der Waals surface area contributed by atoms with E-state index in [1.807, 2.05) is 27.0 Å². The van der Waals surface area contributed by atoms with Crippen molar-refractivity contribution >= 4 is 17.4 Å². The number of hydrogen-bond acceptors (Lipinski definition) is 7. The number of carbonyl (C=O) groups is 1. The standard InChI is InChI=1S/C24H39N5O2/c1-7-20(24(30)31-10-4)23(19(5)6)21-17-26-22(18-25-21)29-15-13-28(14-16-29)12-11-27(8-2)9-3/h17-18H,5,7-16H2,1-4,6H3. The lowest BCUT2D eigenvalue weighted by atomic mass is 9.97. The zero-order chi connectivity index (χ0) is 22.8. The molecule has 0 bridgehead atoms. The summed E-state index contributed by atoms with van der Waals surface area (Å²) in [6.07, 6.45) is 4.11. The Morgan fingerprint density at radius 1 is 1.10 bits per heavy atom. The van der Waals surface area contributed by atoms with Crippen LogP contribution in [0, 0.1) is 0 Å². The average Bonchev–Trinajstić information content (AvgIpc) is 2.78. The highest BCUT2D eigenvalue weighted by atomic mass is 16.5. The van der Waals surface area contributed by atoms with Gasteiger partial charge >= 0.3 is 5.97 Å². The highest BCUT2D eigenvalue weighted by Gasteiger charge is 2.21. The molecule has 0 radical (unpaired) electrons. The van der Waals surface area contributed by atoms with Gasteiger partial charge in [-0.1, -0.05) is 27.4 Å². The zero-order valence-corrected chi connectivity index (χ0v) is 20.0. The second-order valence-electron chi connectivity index (χ2n) is 7.82. The van der Waals surface area contributed by atoms with E-state index in [1.54, 1.807) is 6.20 Å². The van der Waals surface area contributed by atoms with Gasteiger partial charge in [0.2, 0.25) is 0 Å². The number of rotatable bonds is 11. The highest BCUT2D eigenvalue weighted by molar-refractivity contribution is 6.00. The quantitative estimate of drug-likeness (QED) is 0.304. The lowest BCUT2D eigenvalue weighted by Gasteiger charge is -2.36. The third-order valence-corrected chi connectivity index (χ3v) is 5.82. The van der Waals surface area contributed by atoms with Crippen LogP contribution >= 0.6 is 0 Å². The van der Waals surface area contributed by atoms with Crippen molar-refractivity contribution in [2.45, 2.75) is 41.0 Å². The minimum absolute atomic E-state index is 0.310. The lowest BCUT2D eigenvalue weighted by molar-refractivity contribution is -0.138. The normalized spacial score (nSPS) is 15.7. The molecular formula is C24H39N5O2. The predicted molar refractivity (Wildman–Crippen MR) is 127 cm³/mol. The van der Waals surface area contributed by atoms with E-state index in [-0.39, 0.29) is 5.97 Å². The molecule has 0 aliphatic carbocycles. The fourth-order valence-electron chi connectivity index (χ4n) is 3.91. The van der Waals surface area contributed by atoms with E-state index < -0.39 is 0 Å². The van der Waals surface area contributed by atoms with Crippen LogP contribution in [0.3, 0.4) is 0 Å². The summed E-state index contributed by atoms with van der Waals surface area (Å²) >= 11 is 0. The number of carbonyl (C=O) groups excluding carboxylic acids is 1. The molecule has 0 unspecified atom stereocenters. The van der Waals surface area contributed by atoms with E-state index in [0.717, 1.165) is 69.3 Å². The van der Waals surface area contributed by atoms with E-state index in [0.29, 0.717) is 24.3 Å². The fourth-order valence-corrected chi connectivity index (χ4v) is 3.91. The number of nitrogens with zero attached hydrogens (tertiary/aromatic N) is 5. The monoisotopic (exact) mass is 429 g/mol. The molecule has 0 amide bonds. The molecule has 7 heteroatoms. The molecule has 2 heterocycles. The van der Waals surface area contributed by atoms with Crippen LogP contribution in [0.2, 0.25) is 0 Å². The first-order chi connectivity index (χ1) is 14.9. The van der Waals surface area contributed by atoms with Crippen molar-refractivity contribution in [1.82, 2.24) is 19.8 Å². The SMILES string of the molecule is C=C(C)C(=C(CC)C(=O)OCC)c1cnc(N2CCN(CCN(CC)CC)CC2)cn1. The maximum absolute atomic E-state index is 12.4. The minimum Gasteiger partial charge on any atom is -0.463 e. The first-order valence-electron chi connectivity index (χ1n) is 11.5. The van der Waals surface area contributed by atoms with E-state index in [9.17, 15) is 4.79 Å². The van der Waals surface area contributed by atoms with Crippen molar-refractivity contribution in [1.29, 1.82) is 0 Å². The van der Waals surface area contributed by atoms with Crippen LogP contribution < -0.4 is 4.90 Å². The number of allylic oxidation sites excluding steroid dienone is 2. The minimum atomic E-state index is -0.310. The third-order valence-electron chi connectivity index (χ3n) is 5.82. The van der Waals surface area contributed by atoms with Crippen molar-refractivity contribution in [2.24, 2.45) is 0 Å². The van der Waals surface area contributed by atoms with Gasteiger partial charge < -0.3 is 14.5 Å². The van der Waals surface area contributed by atoms with Gasteiger partial charge in [-0.2, -0.15) is 0 Å². The number of anilines is 1. The number of esters is 1. The Hall–Kier alpha value is -2.25. The molecule has 1 aromatic heterocycles. The largest absolute Gasteiger partial charge is 0.463 e. The molecule has 2 rings (SSSR count). The number of aromatic nitrogens is 2. The van der Waals surface area contributed by atoms with Crippen LogP contribution in [0.1, 0.15) is 46.7 Å². The van der Waals surface area contributed by atoms with Crippen molar-refractivity contribution in [3.8, 4) is 0 Å². The Labute approximate surface area is 187 Å². The Morgan fingerprint density at radius 3 is 2.26 bits per heavy atom. The van der Waals surface area contributed by atoms with Crippen molar-refractivity contribution in [3.63, 3.8) is 0 Å². The Bertz CT molecular complexity index is 748. The first-order valence-corrected chi connectivity index (χ1v) is 11.5. The van der Waals surface area contributed by atoms with Gasteiger partial charge in [-0.25, -0.2) is 9.78 Å². The maximum Gasteiger partial charge on any atom is 0.334 e. The summed E-state index contributed by atoms with van der Waals surface area (Å²) in [5, 5.41) is 0. The van der Waals surface area contributed by atoms with Gasteiger partial charge in [-0.3, -0.25) is 9.88 Å². The Morgan fingerprint density at radius 2 is 1.77 bits per heavy atom. The summed E-state index contributed by atoms with van der Waals surface area (Å²) in [6, 6.07) is 0. The summed E-state index contributed by atoms with van der Waals surface area (Å²) in [5.41, 5.74) is 2.78. The van der Waals surface area contributed by atoms with Crippen LogP contribution in [0.15, 0.2) is 30.1 Å². The van der Waals surface area contributed by atoms with Gasteiger partial charge in [-0.05, 0) is 38.9 Å². The predicted octanol–water partition coefficient (Wildman–Crippen LogP) is 3.24. The number of piperazine rings is 1. The Balaban J connectivity index is 2.06. The van der Waals surface area contributed by atoms with Crippen LogP contribution in [0.25, 0.3) is 5.57 Å². The molecule has 0 aromatic carbocycles. The first kappa shape index (κ1) is 25.0. The Kier molecular flexibility index (Phi) is 10.1. The molecule has 1 aromatic rings. The molecule has 1 saturated heterocycles. The summed E-state index contributed by atoms with van der Waals surface area (Å²) in [6.45, 7) is 22.9. The highest BCUT2D eigenvalue weighted by Crippen LogP contribution is 2.27. The molecule has 0 N–H and O–H groups in total. The van der Waals surface area contributed by atoms with E-state index in [4.69, 9.17) is 4.74 Å². The van der Waals surface area contributed by atoms with Crippen LogP contribution in [-0.2, 0) is 9.53 Å². The fraction of sp³-hybridized carbons (Fsp3) is 0.625. The number of hydrogen-bond donors (Lipinski definition) is 0. The molecule has 0 atom stereocenters. The molecule has 0 spiro atoms. The van der Waals surface area contributed by atoms with Crippen LogP contribution in [0.5, 0.6) is 0 Å². The molecule has 172 valence electrons. The van der Waals surface area contributed by atoms with E-state index in [2.05, 4.69) is 45.1 Å². The summed E-state index contributed by atoms with van der Waals surface area (Å²) in [7, 11) is 0. The van der Waals surface area contributed by atoms with Crippen molar-refractivity contribution in [2.75, 3.05) is 63.9 Å². The smallest absolute Gasteiger partial charge is 0.334 e. The molecule has 31 heavy (non-hydrogen) atoms. The second kappa shape index (κ2) is 12.6. The van der Waals surface area contributed by atoms with E-state index >= 15 is 0 Å². The third kappa shape index (κ3) is 6.87. The molecule has 0 saturated carbocycles. The van der Waals surface area contributed by atoms with Gasteiger partial charge in [0.15, 0.2) is 0 Å². The average molecular weight is 430 g/mol. The summed E-state index contributed by atoms with van der Waals surface area (Å²) in [5.74, 6) is 0.567.